The molecule has 0 bridgehead atoms. The molecule has 1 fully saturated rings. The summed E-state index contributed by atoms with van der Waals surface area (Å²) in [4.78, 5) is 21.7. The summed E-state index contributed by atoms with van der Waals surface area (Å²) in [6.45, 7) is 11.4. The molecule has 0 aliphatic carbocycles. The van der Waals surface area contributed by atoms with Crippen LogP contribution in [0, 0.1) is 6.92 Å². The molecule has 2 heterocycles. The Hall–Kier alpha value is -2.97. The first-order valence-electron chi connectivity index (χ1n) is 11.8. The van der Waals surface area contributed by atoms with Crippen molar-refractivity contribution >= 4 is 29.4 Å². The monoisotopic (exact) mass is 452 g/mol. The normalized spacial score (nSPS) is 14.4. The van der Waals surface area contributed by atoms with Crippen LogP contribution < -0.4 is 15.6 Å². The molecule has 8 heteroatoms. The number of aryl methyl sites for hydroxylation is 1. The fourth-order valence-corrected chi connectivity index (χ4v) is 3.80. The first-order chi connectivity index (χ1) is 16.1. The molecule has 1 amide bonds. The second-order valence-electron chi connectivity index (χ2n) is 8.30. The molecule has 3 rings (SSSR count). The van der Waals surface area contributed by atoms with E-state index in [0.29, 0.717) is 31.4 Å². The van der Waals surface area contributed by atoms with Gasteiger partial charge < -0.3 is 15.0 Å². The average Bonchev–Trinajstić information content (AvgIpc) is 2.79. The minimum absolute atomic E-state index is 0.0757. The quantitative estimate of drug-likeness (QED) is 0.399. The zero-order valence-electron chi connectivity index (χ0n) is 20.0. The predicted molar refractivity (Wildman–Crippen MR) is 135 cm³/mol. The van der Waals surface area contributed by atoms with Crippen molar-refractivity contribution in [1.29, 1.82) is 0 Å². The number of benzene rings is 1. The highest BCUT2D eigenvalue weighted by Gasteiger charge is 2.16. The number of carbonyl (C=O) groups is 1. The molecule has 0 atom stereocenters. The molecule has 0 saturated carbocycles. The van der Waals surface area contributed by atoms with Gasteiger partial charge in [0.1, 0.15) is 5.82 Å². The number of carbonyl (C=O) groups excluding carboxylic acids is 1. The molecule has 0 spiro atoms. The molecule has 1 aliphatic rings. The Bertz CT molecular complexity index is 921. The van der Waals surface area contributed by atoms with Gasteiger partial charge >= 0.3 is 0 Å². The molecular formula is C25H36N6O2. The van der Waals surface area contributed by atoms with E-state index < -0.39 is 0 Å². The predicted octanol–water partition coefficient (Wildman–Crippen LogP) is 3.73. The van der Waals surface area contributed by atoms with Gasteiger partial charge in [-0.25, -0.2) is 4.98 Å². The lowest BCUT2D eigenvalue weighted by molar-refractivity contribution is -0.118. The Balaban J connectivity index is 1.76. The summed E-state index contributed by atoms with van der Waals surface area (Å²) in [5.74, 6) is 1.04. The summed E-state index contributed by atoms with van der Waals surface area (Å²) >= 11 is 0. The largest absolute Gasteiger partial charge is 0.379 e. The van der Waals surface area contributed by atoms with Gasteiger partial charge in [-0.2, -0.15) is 5.10 Å². The third-order valence-corrected chi connectivity index (χ3v) is 5.34. The molecule has 0 radical (unpaired) electrons. The lowest BCUT2D eigenvalue weighted by Crippen LogP contribution is -2.41. The Kier molecular flexibility index (Phi) is 9.65. The van der Waals surface area contributed by atoms with Crippen LogP contribution in [0.15, 0.2) is 41.5 Å². The Labute approximate surface area is 197 Å². The van der Waals surface area contributed by atoms with Crippen molar-refractivity contribution in [2.75, 3.05) is 61.6 Å². The molecule has 2 aromatic rings. The van der Waals surface area contributed by atoms with E-state index in [0.717, 1.165) is 50.3 Å². The van der Waals surface area contributed by atoms with Gasteiger partial charge in [-0.15, -0.1) is 0 Å². The van der Waals surface area contributed by atoms with Crippen molar-refractivity contribution in [1.82, 2.24) is 9.88 Å². The number of hydrogen-bond acceptors (Lipinski definition) is 7. The maximum absolute atomic E-state index is 12.7. The first kappa shape index (κ1) is 24.7. The van der Waals surface area contributed by atoms with Gasteiger partial charge in [0, 0.05) is 44.0 Å². The van der Waals surface area contributed by atoms with E-state index in [1.54, 1.807) is 6.21 Å². The van der Waals surface area contributed by atoms with E-state index in [1.807, 2.05) is 24.3 Å². The summed E-state index contributed by atoms with van der Waals surface area (Å²) in [5, 5.41) is 7.34. The van der Waals surface area contributed by atoms with E-state index in [9.17, 15) is 4.79 Å². The molecule has 8 nitrogen and oxygen atoms in total. The Morgan fingerprint density at radius 2 is 1.88 bits per heavy atom. The van der Waals surface area contributed by atoms with Crippen molar-refractivity contribution in [3.8, 4) is 0 Å². The smallest absolute Gasteiger partial charge is 0.239 e. The Morgan fingerprint density at radius 1 is 1.15 bits per heavy atom. The number of ether oxygens (including phenoxy) is 1. The molecule has 2 N–H and O–H groups in total. The number of anilines is 3. The van der Waals surface area contributed by atoms with Gasteiger partial charge in [-0.3, -0.25) is 15.1 Å². The number of amides is 1. The number of nitrogens with one attached hydrogen (secondary N) is 2. The summed E-state index contributed by atoms with van der Waals surface area (Å²) in [6.07, 6.45) is 3.85. The van der Waals surface area contributed by atoms with Gasteiger partial charge in [-0.05, 0) is 25.3 Å². The van der Waals surface area contributed by atoms with Crippen LogP contribution >= 0.6 is 0 Å². The van der Waals surface area contributed by atoms with E-state index in [2.05, 4.69) is 63.5 Å². The number of hydrazone groups is 1. The summed E-state index contributed by atoms with van der Waals surface area (Å²) in [6, 6.07) is 12.1. The van der Waals surface area contributed by atoms with Gasteiger partial charge in [-0.1, -0.05) is 43.7 Å². The molecule has 0 unspecified atom stereocenters. The highest BCUT2D eigenvalue weighted by Crippen LogP contribution is 2.23. The van der Waals surface area contributed by atoms with Crippen molar-refractivity contribution in [3.63, 3.8) is 0 Å². The lowest BCUT2D eigenvalue weighted by atomic mass is 10.2. The molecule has 33 heavy (non-hydrogen) atoms. The molecule has 1 aromatic carbocycles. The van der Waals surface area contributed by atoms with E-state index >= 15 is 0 Å². The average molecular weight is 453 g/mol. The summed E-state index contributed by atoms with van der Waals surface area (Å²) < 4.78 is 5.37. The van der Waals surface area contributed by atoms with Gasteiger partial charge in [0.05, 0.1) is 26.0 Å². The zero-order valence-corrected chi connectivity index (χ0v) is 20.0. The van der Waals surface area contributed by atoms with Gasteiger partial charge in [0.2, 0.25) is 5.91 Å². The van der Waals surface area contributed by atoms with Crippen LogP contribution in [0.3, 0.4) is 0 Å². The molecule has 1 aliphatic heterocycles. The van der Waals surface area contributed by atoms with E-state index in [1.165, 1.54) is 5.56 Å². The number of rotatable bonds is 11. The molecular weight excluding hydrogens is 416 g/mol. The minimum Gasteiger partial charge on any atom is -0.379 e. The number of pyridine rings is 1. The number of aromatic nitrogens is 1. The Morgan fingerprint density at radius 3 is 2.58 bits per heavy atom. The lowest BCUT2D eigenvalue weighted by Gasteiger charge is -2.26. The highest BCUT2D eigenvalue weighted by atomic mass is 16.5. The maximum Gasteiger partial charge on any atom is 0.239 e. The van der Waals surface area contributed by atoms with Crippen LogP contribution in [0.25, 0.3) is 0 Å². The topological polar surface area (TPSA) is 82.1 Å². The van der Waals surface area contributed by atoms with Crippen molar-refractivity contribution in [2.45, 2.75) is 33.6 Å². The summed E-state index contributed by atoms with van der Waals surface area (Å²) in [7, 11) is 0. The third-order valence-electron chi connectivity index (χ3n) is 5.34. The second-order valence-corrected chi connectivity index (χ2v) is 8.30. The minimum atomic E-state index is -0.0757. The van der Waals surface area contributed by atoms with E-state index in [-0.39, 0.29) is 5.91 Å². The van der Waals surface area contributed by atoms with Crippen molar-refractivity contribution in [3.05, 3.63) is 47.5 Å². The number of nitrogens with zero attached hydrogens (tertiary/aromatic N) is 4. The molecule has 178 valence electrons. The first-order valence-corrected chi connectivity index (χ1v) is 11.8. The van der Waals surface area contributed by atoms with Crippen LogP contribution in [0.2, 0.25) is 0 Å². The van der Waals surface area contributed by atoms with Crippen LogP contribution in [-0.4, -0.2) is 67.9 Å². The van der Waals surface area contributed by atoms with Crippen molar-refractivity contribution in [2.24, 2.45) is 5.10 Å². The number of morpholine rings is 1. The summed E-state index contributed by atoms with van der Waals surface area (Å²) in [5.41, 5.74) is 6.25. The standard InChI is InChI=1S/C25H36N6O2/c1-4-9-31(10-5-2)22-16-23(28-25(32)19-30-11-13-33-14-12-30)27-24(17-22)29-26-18-21-8-6-7-20(3)15-21/h6-8,15-18H,4-5,9-14,19H2,1-3H3,(H2,27,28,29,32)/b26-18+. The highest BCUT2D eigenvalue weighted by molar-refractivity contribution is 5.92. The number of hydrogen-bond donors (Lipinski definition) is 2. The fraction of sp³-hybridized carbons (Fsp3) is 0.480. The van der Waals surface area contributed by atoms with Gasteiger partial charge in [0.25, 0.3) is 0 Å². The van der Waals surface area contributed by atoms with Crippen LogP contribution in [0.1, 0.15) is 37.8 Å². The van der Waals surface area contributed by atoms with Crippen LogP contribution in [-0.2, 0) is 9.53 Å². The van der Waals surface area contributed by atoms with Crippen LogP contribution in [0.4, 0.5) is 17.3 Å². The van der Waals surface area contributed by atoms with Crippen LogP contribution in [0.5, 0.6) is 0 Å². The maximum atomic E-state index is 12.7. The van der Waals surface area contributed by atoms with Gasteiger partial charge in [0.15, 0.2) is 5.82 Å². The van der Waals surface area contributed by atoms with E-state index in [4.69, 9.17) is 4.74 Å². The third kappa shape index (κ3) is 8.14. The molecule has 1 saturated heterocycles. The van der Waals surface area contributed by atoms with Crippen molar-refractivity contribution < 1.29 is 9.53 Å². The fourth-order valence-electron chi connectivity index (χ4n) is 3.80. The zero-order chi connectivity index (χ0) is 23.5. The SMILES string of the molecule is CCCN(CCC)c1cc(N/N=C/c2cccc(C)c2)nc(NC(=O)CN2CCOCC2)c1. The molecule has 1 aromatic heterocycles. The second kappa shape index (κ2) is 12.9.